The summed E-state index contributed by atoms with van der Waals surface area (Å²) < 4.78 is 11.6. The Labute approximate surface area is 191 Å². The summed E-state index contributed by atoms with van der Waals surface area (Å²) in [6.07, 6.45) is 0.145. The summed E-state index contributed by atoms with van der Waals surface area (Å²) in [5.41, 5.74) is 2.75. The second kappa shape index (κ2) is 9.08. The van der Waals surface area contributed by atoms with Gasteiger partial charge in [-0.3, -0.25) is 0 Å². The van der Waals surface area contributed by atoms with E-state index < -0.39 is 0 Å². The molecule has 5 aromatic rings. The smallest absolute Gasteiger partial charge is 0.286 e. The van der Waals surface area contributed by atoms with Crippen molar-refractivity contribution in [2.24, 2.45) is 0 Å². The van der Waals surface area contributed by atoms with Gasteiger partial charge in [0.2, 0.25) is 11.7 Å². The van der Waals surface area contributed by atoms with Crippen molar-refractivity contribution in [3.05, 3.63) is 84.4 Å². The molecule has 33 heavy (non-hydrogen) atoms. The fraction of sp³-hybridized carbons (Fsp3) is 0.154. The van der Waals surface area contributed by atoms with Gasteiger partial charge in [-0.1, -0.05) is 42.5 Å². The molecule has 7 nitrogen and oxygen atoms in total. The fourth-order valence-corrected chi connectivity index (χ4v) is 3.46. The molecule has 0 radical (unpaired) electrons. The van der Waals surface area contributed by atoms with Crippen LogP contribution in [0.5, 0.6) is 5.75 Å². The fourth-order valence-electron chi connectivity index (χ4n) is 3.46. The Morgan fingerprint density at radius 2 is 1.55 bits per heavy atom. The first-order valence-corrected chi connectivity index (χ1v) is 10.8. The van der Waals surface area contributed by atoms with Gasteiger partial charge in [-0.2, -0.15) is 0 Å². The quantitative estimate of drug-likeness (QED) is 0.347. The molecule has 7 heteroatoms. The molecule has 2 heterocycles. The van der Waals surface area contributed by atoms with Gasteiger partial charge in [0.1, 0.15) is 11.6 Å². The Morgan fingerprint density at radius 1 is 0.818 bits per heavy atom. The summed E-state index contributed by atoms with van der Waals surface area (Å²) in [4.78, 5) is 9.35. The molecule has 0 aliphatic heterocycles. The van der Waals surface area contributed by atoms with Gasteiger partial charge in [-0.25, -0.2) is 9.97 Å². The van der Waals surface area contributed by atoms with E-state index in [9.17, 15) is 0 Å². The van der Waals surface area contributed by atoms with Crippen molar-refractivity contribution >= 4 is 16.7 Å². The summed E-state index contributed by atoms with van der Waals surface area (Å²) in [6, 6.07) is 25.5. The number of aromatic nitrogens is 4. The first-order valence-electron chi connectivity index (χ1n) is 10.8. The first-order chi connectivity index (χ1) is 16.2. The molecular formula is C26H23N5O2. The third-order valence-corrected chi connectivity index (χ3v) is 5.00. The predicted octanol–water partition coefficient (Wildman–Crippen LogP) is 5.75. The van der Waals surface area contributed by atoms with Crippen LogP contribution in [-0.4, -0.2) is 26.3 Å². The maximum Gasteiger partial charge on any atom is 0.286 e. The van der Waals surface area contributed by atoms with Gasteiger partial charge in [0.15, 0.2) is 0 Å². The number of nitrogens with zero attached hydrogens (tertiary/aromatic N) is 4. The number of para-hydroxylation sites is 1. The van der Waals surface area contributed by atoms with Gasteiger partial charge in [0.05, 0.1) is 11.6 Å². The highest BCUT2D eigenvalue weighted by Gasteiger charge is 2.16. The standard InChI is InChI=1S/C26H23N5O2/c1-17(2)32-20-14-12-18(13-15-20)16-27-23-21-10-6-7-11-22(21)28-24(29-23)26-31-30-25(33-26)19-8-4-3-5-9-19/h3-15,17H,16H2,1-2H3,(H,27,28,29). The van der Waals surface area contributed by atoms with E-state index in [1.165, 1.54) is 0 Å². The highest BCUT2D eigenvalue weighted by atomic mass is 16.5. The van der Waals surface area contributed by atoms with Crippen LogP contribution in [0.4, 0.5) is 5.82 Å². The van der Waals surface area contributed by atoms with Gasteiger partial charge >= 0.3 is 0 Å². The SMILES string of the molecule is CC(C)Oc1ccc(CNc2nc(-c3nnc(-c4ccccc4)o3)nc3ccccc23)cc1. The molecule has 0 saturated carbocycles. The van der Waals surface area contributed by atoms with E-state index in [2.05, 4.69) is 20.5 Å². The number of rotatable bonds is 7. The largest absolute Gasteiger partial charge is 0.491 e. The third-order valence-electron chi connectivity index (χ3n) is 5.00. The molecule has 0 amide bonds. The molecule has 0 atom stereocenters. The van der Waals surface area contributed by atoms with E-state index in [1.807, 2.05) is 92.7 Å². The van der Waals surface area contributed by atoms with Crippen molar-refractivity contribution in [3.8, 4) is 28.9 Å². The number of benzene rings is 3. The number of anilines is 1. The first kappa shape index (κ1) is 20.6. The van der Waals surface area contributed by atoms with E-state index >= 15 is 0 Å². The van der Waals surface area contributed by atoms with E-state index in [1.54, 1.807) is 0 Å². The summed E-state index contributed by atoms with van der Waals surface area (Å²) >= 11 is 0. The van der Waals surface area contributed by atoms with Gasteiger partial charge in [-0.05, 0) is 55.8 Å². The molecule has 3 aromatic carbocycles. The van der Waals surface area contributed by atoms with Crippen LogP contribution in [-0.2, 0) is 6.54 Å². The molecule has 0 spiro atoms. The number of hydrogen-bond acceptors (Lipinski definition) is 7. The normalized spacial score (nSPS) is 11.1. The number of hydrogen-bond donors (Lipinski definition) is 1. The summed E-state index contributed by atoms with van der Waals surface area (Å²) in [7, 11) is 0. The van der Waals surface area contributed by atoms with E-state index in [0.717, 1.165) is 27.8 Å². The number of nitrogens with one attached hydrogen (secondary N) is 1. The Bertz CT molecular complexity index is 1360. The van der Waals surface area contributed by atoms with Crippen LogP contribution < -0.4 is 10.1 Å². The van der Waals surface area contributed by atoms with Crippen molar-refractivity contribution in [2.45, 2.75) is 26.5 Å². The van der Waals surface area contributed by atoms with E-state index in [0.29, 0.717) is 24.1 Å². The zero-order valence-corrected chi connectivity index (χ0v) is 18.4. The van der Waals surface area contributed by atoms with Gasteiger partial charge in [-0.15, -0.1) is 10.2 Å². The highest BCUT2D eigenvalue weighted by Crippen LogP contribution is 2.27. The van der Waals surface area contributed by atoms with Gasteiger partial charge in [0.25, 0.3) is 5.89 Å². The molecule has 0 saturated heterocycles. The lowest BCUT2D eigenvalue weighted by Crippen LogP contribution is -2.06. The summed E-state index contributed by atoms with van der Waals surface area (Å²) in [5, 5.41) is 12.7. The third kappa shape index (κ3) is 4.67. The Balaban J connectivity index is 1.43. The van der Waals surface area contributed by atoms with Crippen molar-refractivity contribution in [3.63, 3.8) is 0 Å². The second-order valence-electron chi connectivity index (χ2n) is 7.86. The van der Waals surface area contributed by atoms with E-state index in [4.69, 9.17) is 14.1 Å². The Kier molecular flexibility index (Phi) is 5.68. The summed E-state index contributed by atoms with van der Waals surface area (Å²) in [5.74, 6) is 2.65. The van der Waals surface area contributed by atoms with Crippen molar-refractivity contribution < 1.29 is 9.15 Å². The van der Waals surface area contributed by atoms with Gasteiger partial charge < -0.3 is 14.5 Å². The Hall–Kier alpha value is -4.26. The van der Waals surface area contributed by atoms with Crippen LogP contribution in [0, 0.1) is 0 Å². The minimum Gasteiger partial charge on any atom is -0.491 e. The Morgan fingerprint density at radius 3 is 2.33 bits per heavy atom. The van der Waals surface area contributed by atoms with Gasteiger partial charge in [0, 0.05) is 17.5 Å². The highest BCUT2D eigenvalue weighted by molar-refractivity contribution is 5.90. The van der Waals surface area contributed by atoms with Crippen LogP contribution in [0.25, 0.3) is 34.1 Å². The predicted molar refractivity (Wildman–Crippen MR) is 128 cm³/mol. The minimum absolute atomic E-state index is 0.145. The average molecular weight is 438 g/mol. The average Bonchev–Trinajstić information content (AvgIpc) is 3.34. The molecule has 2 aromatic heterocycles. The summed E-state index contributed by atoms with van der Waals surface area (Å²) in [6.45, 7) is 4.63. The molecule has 0 aliphatic rings. The number of ether oxygens (including phenoxy) is 1. The molecule has 0 bridgehead atoms. The molecule has 0 fully saturated rings. The molecule has 0 unspecified atom stereocenters. The number of fused-ring (bicyclic) bond motifs is 1. The maximum atomic E-state index is 5.88. The lowest BCUT2D eigenvalue weighted by molar-refractivity contribution is 0.242. The lowest BCUT2D eigenvalue weighted by Gasteiger charge is -2.12. The maximum absolute atomic E-state index is 5.88. The van der Waals surface area contributed by atoms with Crippen LogP contribution in [0.1, 0.15) is 19.4 Å². The van der Waals surface area contributed by atoms with Crippen LogP contribution in [0.2, 0.25) is 0 Å². The van der Waals surface area contributed by atoms with Crippen LogP contribution >= 0.6 is 0 Å². The topological polar surface area (TPSA) is 86.0 Å². The monoisotopic (exact) mass is 437 g/mol. The molecule has 1 N–H and O–H groups in total. The second-order valence-corrected chi connectivity index (χ2v) is 7.86. The van der Waals surface area contributed by atoms with E-state index in [-0.39, 0.29) is 12.0 Å². The van der Waals surface area contributed by atoms with Crippen molar-refractivity contribution in [1.29, 1.82) is 0 Å². The zero-order valence-electron chi connectivity index (χ0n) is 18.4. The molecule has 164 valence electrons. The molecule has 5 rings (SSSR count). The van der Waals surface area contributed by atoms with Crippen molar-refractivity contribution in [1.82, 2.24) is 20.2 Å². The molecular weight excluding hydrogens is 414 g/mol. The molecule has 0 aliphatic carbocycles. The zero-order chi connectivity index (χ0) is 22.6. The van der Waals surface area contributed by atoms with Crippen LogP contribution in [0.3, 0.4) is 0 Å². The lowest BCUT2D eigenvalue weighted by atomic mass is 10.2. The minimum atomic E-state index is 0.145. The van der Waals surface area contributed by atoms with Crippen LogP contribution in [0.15, 0.2) is 83.3 Å². The van der Waals surface area contributed by atoms with Crippen molar-refractivity contribution in [2.75, 3.05) is 5.32 Å².